The Bertz CT molecular complexity index is 493. The molecule has 0 spiro atoms. The van der Waals surface area contributed by atoms with Crippen LogP contribution in [0.4, 0.5) is 0 Å². The third kappa shape index (κ3) is 2.51. The van der Waals surface area contributed by atoms with Crippen LogP contribution in [0.15, 0.2) is 24.3 Å². The number of benzene rings is 1. The van der Waals surface area contributed by atoms with Crippen LogP contribution < -0.4 is 5.11 Å². The number of rotatable bonds is 4. The van der Waals surface area contributed by atoms with Gasteiger partial charge in [-0.05, 0) is 0 Å². The maximum atomic E-state index is 12.6. The summed E-state index contributed by atoms with van der Waals surface area (Å²) in [6.07, 6.45) is 1.84. The Morgan fingerprint density at radius 1 is 1.11 bits per heavy atom. The number of Topliss-reactive ketones (excluding diaryl/α,β-unsaturated/α-hetero) is 2. The van der Waals surface area contributed by atoms with E-state index in [1.54, 1.807) is 24.3 Å². The molecule has 0 fully saturated rings. The van der Waals surface area contributed by atoms with Gasteiger partial charge in [-0.3, -0.25) is 9.59 Å². The lowest BCUT2D eigenvalue weighted by Crippen LogP contribution is -2.54. The highest BCUT2D eigenvalue weighted by molar-refractivity contribution is 6.76. The van der Waals surface area contributed by atoms with Crippen molar-refractivity contribution < 1.29 is 14.7 Å². The summed E-state index contributed by atoms with van der Waals surface area (Å²) in [7, 11) is -1.30. The van der Waals surface area contributed by atoms with Gasteiger partial charge in [0.2, 0.25) is 0 Å². The topological polar surface area (TPSA) is 57.2 Å². The van der Waals surface area contributed by atoms with Crippen molar-refractivity contribution in [3.05, 3.63) is 41.8 Å². The van der Waals surface area contributed by atoms with Crippen LogP contribution in [0.3, 0.4) is 0 Å². The summed E-state index contributed by atoms with van der Waals surface area (Å²) in [5.41, 5.74) is -1.56. The van der Waals surface area contributed by atoms with Crippen molar-refractivity contribution in [2.75, 3.05) is 0 Å². The van der Waals surface area contributed by atoms with Crippen LogP contribution in [-0.2, 0) is 0 Å². The van der Waals surface area contributed by atoms with Crippen molar-refractivity contribution in [3.63, 3.8) is 0 Å². The number of fused-ring (bicyclic) bond motifs is 1. The predicted molar refractivity (Wildman–Crippen MR) is 74.9 cm³/mol. The molecule has 4 heteroatoms. The summed E-state index contributed by atoms with van der Waals surface area (Å²) < 4.78 is 0. The minimum absolute atomic E-state index is 0.00359. The van der Waals surface area contributed by atoms with E-state index in [2.05, 4.69) is 19.6 Å². The average molecular weight is 274 g/mol. The quantitative estimate of drug-likeness (QED) is 0.480. The van der Waals surface area contributed by atoms with Gasteiger partial charge in [0.1, 0.15) is 0 Å². The molecule has 0 aliphatic heterocycles. The van der Waals surface area contributed by atoms with E-state index in [0.717, 1.165) is 6.04 Å². The molecular formula is C15H18O3Si. The van der Waals surface area contributed by atoms with Crippen LogP contribution in [0.2, 0.25) is 25.7 Å². The first kappa shape index (κ1) is 14.0. The zero-order valence-electron chi connectivity index (χ0n) is 11.5. The summed E-state index contributed by atoms with van der Waals surface area (Å²) in [6, 6.07) is 7.33. The van der Waals surface area contributed by atoms with Crippen molar-refractivity contribution >= 4 is 19.6 Å². The van der Waals surface area contributed by atoms with Gasteiger partial charge in [0.15, 0.2) is 11.6 Å². The highest BCUT2D eigenvalue weighted by atomic mass is 28.3. The maximum absolute atomic E-state index is 12.6. The standard InChI is InChI=1S/C15H18O3Si/c1-19(2,3)10-6-9-15(18)13(16)11-7-4-5-8-12(11)14(15)17/h4-8H,9-10H2,1-3H3. The average Bonchev–Trinajstić information content (AvgIpc) is 2.52. The normalized spacial score (nSPS) is 17.5. The van der Waals surface area contributed by atoms with Gasteiger partial charge in [-0.15, -0.1) is 0 Å². The number of carbonyl (C=O) groups excluding carboxylic acids is 2. The Hall–Kier alpha value is -1.39. The molecule has 0 radical (unpaired) electrons. The van der Waals surface area contributed by atoms with Gasteiger partial charge in [0.25, 0.3) is 0 Å². The lowest BCUT2D eigenvalue weighted by molar-refractivity contribution is -0.429. The van der Waals surface area contributed by atoms with E-state index in [9.17, 15) is 14.7 Å². The zero-order chi connectivity index (χ0) is 14.3. The molecule has 0 unspecified atom stereocenters. The summed E-state index contributed by atoms with van der Waals surface area (Å²) in [5, 5.41) is 12.6. The minimum atomic E-state index is -2.12. The van der Waals surface area contributed by atoms with Crippen LogP contribution in [0.25, 0.3) is 0 Å². The van der Waals surface area contributed by atoms with Gasteiger partial charge in [0.05, 0.1) is 32.6 Å². The number of hydrogen-bond donors (Lipinski definition) is 0. The van der Waals surface area contributed by atoms with Gasteiger partial charge in [-0.25, -0.2) is 0 Å². The number of ketones is 2. The molecule has 0 saturated carbocycles. The SMILES string of the molecule is C[Si](C)(C)C[CH+]CC1([O-])C(=O)c2ccccc2C1=O. The lowest BCUT2D eigenvalue weighted by atomic mass is 9.92. The first-order chi connectivity index (χ1) is 8.76. The maximum Gasteiger partial charge on any atom is 0.165 e. The van der Waals surface area contributed by atoms with Crippen molar-refractivity contribution in [1.82, 2.24) is 0 Å². The largest absolute Gasteiger partial charge is 0.835 e. The van der Waals surface area contributed by atoms with Crippen LogP contribution in [0.1, 0.15) is 27.1 Å². The fraction of sp³-hybridized carbons (Fsp3) is 0.400. The third-order valence-electron chi connectivity index (χ3n) is 3.34. The van der Waals surface area contributed by atoms with E-state index in [1.807, 2.05) is 6.42 Å². The zero-order valence-corrected chi connectivity index (χ0v) is 12.5. The van der Waals surface area contributed by atoms with Gasteiger partial charge in [-0.1, -0.05) is 43.9 Å². The van der Waals surface area contributed by atoms with E-state index in [-0.39, 0.29) is 17.5 Å². The molecule has 0 N–H and O–H groups in total. The Morgan fingerprint density at radius 3 is 2.00 bits per heavy atom. The monoisotopic (exact) mass is 274 g/mol. The van der Waals surface area contributed by atoms with Crippen LogP contribution >= 0.6 is 0 Å². The number of hydrogen-bond acceptors (Lipinski definition) is 3. The van der Waals surface area contributed by atoms with E-state index in [4.69, 9.17) is 0 Å². The van der Waals surface area contributed by atoms with Crippen molar-refractivity contribution in [1.29, 1.82) is 0 Å². The van der Waals surface area contributed by atoms with E-state index < -0.39 is 25.2 Å². The molecule has 3 nitrogen and oxygen atoms in total. The molecule has 0 bridgehead atoms. The van der Waals surface area contributed by atoms with E-state index in [1.165, 1.54) is 0 Å². The van der Waals surface area contributed by atoms with Gasteiger partial charge < -0.3 is 5.11 Å². The van der Waals surface area contributed by atoms with Crippen molar-refractivity contribution in [3.8, 4) is 0 Å². The molecule has 19 heavy (non-hydrogen) atoms. The fourth-order valence-electron chi connectivity index (χ4n) is 2.31. The van der Waals surface area contributed by atoms with E-state index >= 15 is 0 Å². The van der Waals surface area contributed by atoms with Crippen LogP contribution in [0.5, 0.6) is 0 Å². The second-order valence-electron chi connectivity index (χ2n) is 6.29. The number of carbonyl (C=O) groups is 2. The summed E-state index contributed by atoms with van der Waals surface area (Å²) in [4.78, 5) is 24.3. The Balaban J connectivity index is 2.18. The highest BCUT2D eigenvalue weighted by Crippen LogP contribution is 2.31. The van der Waals surface area contributed by atoms with Gasteiger partial charge >= 0.3 is 0 Å². The molecule has 1 aliphatic rings. The molecule has 0 heterocycles. The van der Waals surface area contributed by atoms with Crippen LogP contribution in [-0.4, -0.2) is 25.2 Å². The molecule has 1 aromatic rings. The van der Waals surface area contributed by atoms with Crippen LogP contribution in [0, 0.1) is 6.42 Å². The Kier molecular flexibility index (Phi) is 3.41. The molecule has 1 aromatic carbocycles. The highest BCUT2D eigenvalue weighted by Gasteiger charge is 2.45. The molecule has 1 aliphatic carbocycles. The molecule has 0 amide bonds. The third-order valence-corrected chi connectivity index (χ3v) is 4.85. The summed E-state index contributed by atoms with van der Waals surface area (Å²) in [5.74, 6) is -1.14. The molecule has 100 valence electrons. The Morgan fingerprint density at radius 2 is 1.58 bits per heavy atom. The predicted octanol–water partition coefficient (Wildman–Crippen LogP) is 2.10. The van der Waals surface area contributed by atoms with Crippen molar-refractivity contribution in [2.24, 2.45) is 0 Å². The minimum Gasteiger partial charge on any atom is -0.835 e. The smallest absolute Gasteiger partial charge is 0.165 e. The summed E-state index contributed by atoms with van der Waals surface area (Å²) >= 11 is 0. The first-order valence-corrected chi connectivity index (χ1v) is 10.2. The van der Waals surface area contributed by atoms with E-state index in [0.29, 0.717) is 0 Å². The fourth-order valence-corrected chi connectivity index (χ4v) is 3.32. The second-order valence-corrected chi connectivity index (χ2v) is 11.8. The second kappa shape index (κ2) is 4.61. The van der Waals surface area contributed by atoms with Crippen molar-refractivity contribution in [2.45, 2.75) is 37.7 Å². The first-order valence-electron chi connectivity index (χ1n) is 6.46. The lowest BCUT2D eigenvalue weighted by Gasteiger charge is -2.28. The van der Waals surface area contributed by atoms with Gasteiger partial charge in [-0.2, -0.15) is 0 Å². The molecule has 0 saturated heterocycles. The Labute approximate surface area is 114 Å². The van der Waals surface area contributed by atoms with Gasteiger partial charge in [0, 0.05) is 11.1 Å². The molecule has 0 atom stereocenters. The molecule has 2 rings (SSSR count). The molecular weight excluding hydrogens is 256 g/mol. The molecule has 0 aromatic heterocycles. The summed E-state index contributed by atoms with van der Waals surface area (Å²) in [6.45, 7) is 6.57.